The predicted molar refractivity (Wildman–Crippen MR) is 92.0 cm³/mol. The summed E-state index contributed by atoms with van der Waals surface area (Å²) in [5.74, 6) is 0.773. The number of aryl methyl sites for hydroxylation is 1. The van der Waals surface area contributed by atoms with Gasteiger partial charge in [-0.1, -0.05) is 11.6 Å². The van der Waals surface area contributed by atoms with Crippen LogP contribution in [0.25, 0.3) is 22.4 Å². The normalized spacial score (nSPS) is 11.4. The minimum absolute atomic E-state index is 0.706. The van der Waals surface area contributed by atoms with E-state index in [1.807, 2.05) is 36.6 Å². The van der Waals surface area contributed by atoms with Gasteiger partial charge >= 0.3 is 0 Å². The lowest BCUT2D eigenvalue weighted by molar-refractivity contribution is 0.629. The van der Waals surface area contributed by atoms with Crippen LogP contribution in [0.15, 0.2) is 39.4 Å². The third-order valence-corrected chi connectivity index (χ3v) is 5.30. The minimum atomic E-state index is 0.706. The maximum Gasteiger partial charge on any atom is 0.154 e. The molecule has 3 nitrogen and oxygen atoms in total. The highest BCUT2D eigenvalue weighted by molar-refractivity contribution is 7.11. The number of thiazole rings is 2. The lowest BCUT2D eigenvalue weighted by Crippen LogP contribution is -1.86. The number of aromatic nitrogens is 2. The Balaban J connectivity index is 1.64. The maximum absolute atomic E-state index is 6.01. The zero-order valence-corrected chi connectivity index (χ0v) is 14.1. The highest BCUT2D eigenvalue weighted by Crippen LogP contribution is 2.30. The first-order valence-corrected chi connectivity index (χ1v) is 8.86. The number of nitrogens with zero attached hydrogens (tertiary/aromatic N) is 2. The monoisotopic (exact) mass is 346 g/mol. The summed E-state index contributed by atoms with van der Waals surface area (Å²) in [5, 5.41) is 7.92. The van der Waals surface area contributed by atoms with Crippen molar-refractivity contribution < 1.29 is 4.42 Å². The van der Waals surface area contributed by atoms with Crippen molar-refractivity contribution in [3.05, 3.63) is 55.8 Å². The number of hydrogen-bond acceptors (Lipinski definition) is 5. The third-order valence-electron chi connectivity index (χ3n) is 3.25. The summed E-state index contributed by atoms with van der Waals surface area (Å²) in [6.07, 6.45) is 0.773. The second-order valence-electron chi connectivity index (χ2n) is 4.98. The molecule has 110 valence electrons. The summed E-state index contributed by atoms with van der Waals surface area (Å²) in [5.41, 5.74) is 2.75. The van der Waals surface area contributed by atoms with Crippen molar-refractivity contribution in [2.45, 2.75) is 13.3 Å². The Bertz CT molecular complexity index is 954. The predicted octanol–water partition coefficient (Wildman–Crippen LogP) is 5.57. The number of benzene rings is 1. The van der Waals surface area contributed by atoms with Gasteiger partial charge in [0.2, 0.25) is 0 Å². The van der Waals surface area contributed by atoms with E-state index in [9.17, 15) is 0 Å². The van der Waals surface area contributed by atoms with E-state index in [1.165, 1.54) is 0 Å². The lowest BCUT2D eigenvalue weighted by Gasteiger charge is -1.91. The Morgan fingerprint density at radius 1 is 1.09 bits per heavy atom. The number of hydrogen-bond donors (Lipinski definition) is 0. The zero-order chi connectivity index (χ0) is 15.1. The highest BCUT2D eigenvalue weighted by Gasteiger charge is 2.12. The van der Waals surface area contributed by atoms with Crippen molar-refractivity contribution in [2.75, 3.05) is 0 Å². The molecule has 0 amide bonds. The summed E-state index contributed by atoms with van der Waals surface area (Å²) in [7, 11) is 0. The molecule has 4 rings (SSSR count). The zero-order valence-electron chi connectivity index (χ0n) is 11.7. The van der Waals surface area contributed by atoms with E-state index in [4.69, 9.17) is 16.0 Å². The molecule has 4 aromatic rings. The molecule has 6 heteroatoms. The van der Waals surface area contributed by atoms with Gasteiger partial charge in [-0.2, -0.15) is 0 Å². The van der Waals surface area contributed by atoms with Crippen LogP contribution in [-0.4, -0.2) is 9.97 Å². The molecule has 0 aliphatic rings. The minimum Gasteiger partial charge on any atom is -0.454 e. The second-order valence-corrected chi connectivity index (χ2v) is 7.30. The van der Waals surface area contributed by atoms with Crippen molar-refractivity contribution in [1.82, 2.24) is 9.97 Å². The van der Waals surface area contributed by atoms with Crippen LogP contribution in [-0.2, 0) is 6.42 Å². The quantitative estimate of drug-likeness (QED) is 0.487. The summed E-state index contributed by atoms with van der Waals surface area (Å²) in [6.45, 7) is 2.01. The molecule has 22 heavy (non-hydrogen) atoms. The van der Waals surface area contributed by atoms with Crippen molar-refractivity contribution in [1.29, 1.82) is 0 Å². The summed E-state index contributed by atoms with van der Waals surface area (Å²) < 4.78 is 5.85. The van der Waals surface area contributed by atoms with Crippen molar-refractivity contribution in [3.63, 3.8) is 0 Å². The molecule has 0 aliphatic heterocycles. The van der Waals surface area contributed by atoms with Gasteiger partial charge in [0.1, 0.15) is 16.3 Å². The van der Waals surface area contributed by atoms with Gasteiger partial charge in [-0.25, -0.2) is 9.97 Å². The maximum atomic E-state index is 6.01. The highest BCUT2D eigenvalue weighted by atomic mass is 35.5. The molecule has 0 radical (unpaired) electrons. The molecule has 3 aromatic heterocycles. The Hall–Kier alpha value is -1.69. The van der Waals surface area contributed by atoms with Crippen LogP contribution in [0.3, 0.4) is 0 Å². The molecular formula is C16H11ClN2OS2. The first kappa shape index (κ1) is 13.9. The average molecular weight is 347 g/mol. The lowest BCUT2D eigenvalue weighted by atomic mass is 10.2. The fourth-order valence-corrected chi connectivity index (χ4v) is 4.09. The number of halogens is 1. The van der Waals surface area contributed by atoms with E-state index in [2.05, 4.69) is 15.3 Å². The van der Waals surface area contributed by atoms with Gasteiger partial charge in [0.25, 0.3) is 0 Å². The second kappa shape index (κ2) is 5.50. The van der Waals surface area contributed by atoms with E-state index in [1.54, 1.807) is 22.7 Å². The average Bonchev–Trinajstić information content (AvgIpc) is 3.18. The smallest absolute Gasteiger partial charge is 0.154 e. The summed E-state index contributed by atoms with van der Waals surface area (Å²) in [6, 6.07) is 7.59. The molecule has 0 fully saturated rings. The van der Waals surface area contributed by atoms with Crippen LogP contribution in [0.4, 0.5) is 0 Å². The molecule has 0 unspecified atom stereocenters. The van der Waals surface area contributed by atoms with Crippen LogP contribution >= 0.6 is 34.3 Å². The van der Waals surface area contributed by atoms with Crippen molar-refractivity contribution in [3.8, 4) is 11.5 Å². The molecule has 0 N–H and O–H groups in total. The molecule has 0 aliphatic carbocycles. The van der Waals surface area contributed by atoms with Gasteiger partial charge in [0.15, 0.2) is 5.76 Å². The van der Waals surface area contributed by atoms with E-state index >= 15 is 0 Å². The van der Waals surface area contributed by atoms with Gasteiger partial charge in [0.05, 0.1) is 11.4 Å². The Morgan fingerprint density at radius 3 is 2.73 bits per heavy atom. The molecule has 0 atom stereocenters. The molecule has 0 bridgehead atoms. The van der Waals surface area contributed by atoms with Crippen LogP contribution in [0.5, 0.6) is 0 Å². The van der Waals surface area contributed by atoms with Crippen molar-refractivity contribution in [2.24, 2.45) is 0 Å². The standard InChI is InChI=1S/C16H11ClN2OS2/c1-9-7-21-15(18-9)6-16-19-12(8-22-16)14-5-10-4-11(17)2-3-13(10)20-14/h2-5,7-8H,6H2,1H3. The Morgan fingerprint density at radius 2 is 1.91 bits per heavy atom. The fraction of sp³-hybridized carbons (Fsp3) is 0.125. The molecule has 3 heterocycles. The number of fused-ring (bicyclic) bond motifs is 1. The fourth-order valence-electron chi connectivity index (χ4n) is 2.26. The molecular weight excluding hydrogens is 336 g/mol. The third kappa shape index (κ3) is 2.67. The SMILES string of the molecule is Cc1csc(Cc2nc(-c3cc4cc(Cl)ccc4o3)cs2)n1. The van der Waals surface area contributed by atoms with E-state index in [-0.39, 0.29) is 0 Å². The topological polar surface area (TPSA) is 38.9 Å². The molecule has 0 saturated heterocycles. The van der Waals surface area contributed by atoms with Gasteiger partial charge in [0, 0.05) is 26.9 Å². The summed E-state index contributed by atoms with van der Waals surface area (Å²) in [4.78, 5) is 9.14. The summed E-state index contributed by atoms with van der Waals surface area (Å²) >= 11 is 9.31. The first-order valence-electron chi connectivity index (χ1n) is 6.72. The van der Waals surface area contributed by atoms with E-state index in [0.29, 0.717) is 5.02 Å². The Kier molecular flexibility index (Phi) is 3.48. The first-order chi connectivity index (χ1) is 10.7. The van der Waals surface area contributed by atoms with E-state index in [0.717, 1.165) is 44.6 Å². The van der Waals surface area contributed by atoms with Crippen LogP contribution < -0.4 is 0 Å². The number of rotatable bonds is 3. The van der Waals surface area contributed by atoms with Gasteiger partial charge in [-0.05, 0) is 31.2 Å². The molecule has 0 spiro atoms. The van der Waals surface area contributed by atoms with Crippen molar-refractivity contribution >= 4 is 45.2 Å². The molecule has 1 aromatic carbocycles. The van der Waals surface area contributed by atoms with Gasteiger partial charge < -0.3 is 4.42 Å². The largest absolute Gasteiger partial charge is 0.454 e. The van der Waals surface area contributed by atoms with Crippen LogP contribution in [0.2, 0.25) is 5.02 Å². The van der Waals surface area contributed by atoms with Crippen LogP contribution in [0, 0.1) is 6.92 Å². The number of furan rings is 1. The molecule has 0 saturated carbocycles. The van der Waals surface area contributed by atoms with Gasteiger partial charge in [-0.15, -0.1) is 22.7 Å². The van der Waals surface area contributed by atoms with E-state index < -0.39 is 0 Å². The van der Waals surface area contributed by atoms with Crippen LogP contribution in [0.1, 0.15) is 15.7 Å². The Labute approximate surface area is 140 Å². The van der Waals surface area contributed by atoms with Gasteiger partial charge in [-0.3, -0.25) is 0 Å².